The number of benzene rings is 1. The van der Waals surface area contributed by atoms with Crippen LogP contribution in [-0.4, -0.2) is 7.05 Å². The van der Waals surface area contributed by atoms with E-state index in [0.29, 0.717) is 5.92 Å². The van der Waals surface area contributed by atoms with Gasteiger partial charge < -0.3 is 5.32 Å². The van der Waals surface area contributed by atoms with Crippen molar-refractivity contribution in [1.29, 1.82) is 0 Å². The Hall–Kier alpha value is -1.76. The Labute approximate surface area is 155 Å². The highest BCUT2D eigenvalue weighted by atomic mass is 14.8. The smallest absolute Gasteiger partial charge is 0.0405 e. The number of nitrogens with one attached hydrogen (secondary N) is 1. The number of hydrogen-bond donors (Lipinski definition) is 1. The Morgan fingerprint density at radius 3 is 2.56 bits per heavy atom. The third kappa shape index (κ3) is 6.23. The molecule has 1 rings (SSSR count). The largest absolute Gasteiger partial charge is 0.388 e. The summed E-state index contributed by atoms with van der Waals surface area (Å²) in [5.41, 5.74) is 8.27. The molecule has 25 heavy (non-hydrogen) atoms. The Bertz CT molecular complexity index is 619. The topological polar surface area (TPSA) is 12.0 Å². The number of allylic oxidation sites excluding steroid dienone is 4. The van der Waals surface area contributed by atoms with Gasteiger partial charge in [0.2, 0.25) is 0 Å². The van der Waals surface area contributed by atoms with E-state index < -0.39 is 0 Å². The van der Waals surface area contributed by atoms with E-state index >= 15 is 0 Å². The van der Waals surface area contributed by atoms with Crippen LogP contribution < -0.4 is 5.32 Å². The molecule has 1 atom stereocenters. The summed E-state index contributed by atoms with van der Waals surface area (Å²) in [5, 5.41) is 3.47. The maximum absolute atomic E-state index is 3.91. The van der Waals surface area contributed by atoms with E-state index in [-0.39, 0.29) is 0 Å². The van der Waals surface area contributed by atoms with E-state index in [1.165, 1.54) is 46.4 Å². The van der Waals surface area contributed by atoms with Gasteiger partial charge in [-0.05, 0) is 67.7 Å². The molecule has 138 valence electrons. The molecule has 1 unspecified atom stereocenters. The van der Waals surface area contributed by atoms with Crippen molar-refractivity contribution in [2.75, 3.05) is 7.05 Å². The average Bonchev–Trinajstić information content (AvgIpc) is 2.58. The summed E-state index contributed by atoms with van der Waals surface area (Å²) < 4.78 is 0. The Balaban J connectivity index is 3.37. The second-order valence-corrected chi connectivity index (χ2v) is 7.10. The second kappa shape index (κ2) is 11.0. The highest BCUT2D eigenvalue weighted by Crippen LogP contribution is 2.29. The van der Waals surface area contributed by atoms with Crippen molar-refractivity contribution < 1.29 is 0 Å². The predicted octanol–water partition coefficient (Wildman–Crippen LogP) is 6.62. The summed E-state index contributed by atoms with van der Waals surface area (Å²) >= 11 is 0. The fraction of sp³-hybridized carbons (Fsp3) is 0.500. The Morgan fingerprint density at radius 1 is 1.28 bits per heavy atom. The first-order valence-electron chi connectivity index (χ1n) is 9.76. The van der Waals surface area contributed by atoms with E-state index in [4.69, 9.17) is 0 Å². The summed E-state index contributed by atoms with van der Waals surface area (Å²) in [4.78, 5) is 0. The zero-order valence-electron chi connectivity index (χ0n) is 17.2. The van der Waals surface area contributed by atoms with Gasteiger partial charge in [-0.3, -0.25) is 0 Å². The molecule has 0 aromatic heterocycles. The molecule has 0 aliphatic heterocycles. The predicted molar refractivity (Wildman–Crippen MR) is 114 cm³/mol. The normalized spacial score (nSPS) is 13.7. The van der Waals surface area contributed by atoms with Crippen LogP contribution in [0.2, 0.25) is 0 Å². The van der Waals surface area contributed by atoms with Crippen LogP contribution in [0.25, 0.3) is 5.70 Å². The van der Waals surface area contributed by atoms with Gasteiger partial charge in [-0.2, -0.15) is 0 Å². The highest BCUT2D eigenvalue weighted by molar-refractivity contribution is 5.72. The van der Waals surface area contributed by atoms with Gasteiger partial charge >= 0.3 is 0 Å². The summed E-state index contributed by atoms with van der Waals surface area (Å²) in [6.45, 7) is 15.2. The van der Waals surface area contributed by atoms with Crippen molar-refractivity contribution in [3.05, 3.63) is 64.8 Å². The molecule has 0 heterocycles. The van der Waals surface area contributed by atoms with Crippen LogP contribution in [-0.2, 0) is 12.8 Å². The minimum absolute atomic E-state index is 0.545. The van der Waals surface area contributed by atoms with Gasteiger partial charge in [0.05, 0.1) is 0 Å². The monoisotopic (exact) mass is 339 g/mol. The van der Waals surface area contributed by atoms with Gasteiger partial charge in [-0.15, -0.1) is 6.58 Å². The van der Waals surface area contributed by atoms with Gasteiger partial charge in [0.1, 0.15) is 0 Å². The van der Waals surface area contributed by atoms with E-state index in [1.807, 2.05) is 13.1 Å². The van der Waals surface area contributed by atoms with E-state index in [0.717, 1.165) is 19.3 Å². The molecule has 0 radical (unpaired) electrons. The molecule has 1 aromatic rings. The molecule has 0 saturated carbocycles. The van der Waals surface area contributed by atoms with Crippen LogP contribution in [0.15, 0.2) is 42.5 Å². The molecule has 1 heteroatoms. The SMILES string of the molecule is C=CCc1cc(C)c(/C(NC)=C(/C)CC)c(CC(C)/C=C\CCC)c1. The summed E-state index contributed by atoms with van der Waals surface area (Å²) in [7, 11) is 2.04. The highest BCUT2D eigenvalue weighted by Gasteiger charge is 2.15. The molecule has 1 nitrogen and oxygen atoms in total. The fourth-order valence-electron chi connectivity index (χ4n) is 3.38. The number of rotatable bonds is 10. The molecule has 0 fully saturated rings. The van der Waals surface area contributed by atoms with Crippen LogP contribution >= 0.6 is 0 Å². The molecule has 0 amide bonds. The third-order valence-corrected chi connectivity index (χ3v) is 4.78. The summed E-state index contributed by atoms with van der Waals surface area (Å²) in [6, 6.07) is 4.70. The zero-order chi connectivity index (χ0) is 18.8. The molecule has 0 aliphatic carbocycles. The molecule has 0 aliphatic rings. The number of aryl methyl sites for hydroxylation is 1. The van der Waals surface area contributed by atoms with Crippen LogP contribution in [0.4, 0.5) is 0 Å². The molecule has 0 bridgehead atoms. The van der Waals surface area contributed by atoms with Gasteiger partial charge in [0, 0.05) is 18.3 Å². The lowest BCUT2D eigenvalue weighted by atomic mass is 9.88. The summed E-state index contributed by atoms with van der Waals surface area (Å²) in [5.74, 6) is 0.545. The first-order chi connectivity index (χ1) is 12.0. The van der Waals surface area contributed by atoms with Crippen LogP contribution in [0.3, 0.4) is 0 Å². The van der Waals surface area contributed by atoms with Crippen molar-refractivity contribution in [3.8, 4) is 0 Å². The van der Waals surface area contributed by atoms with Crippen LogP contribution in [0.5, 0.6) is 0 Å². The van der Waals surface area contributed by atoms with Crippen LogP contribution in [0, 0.1) is 12.8 Å². The molecular weight excluding hydrogens is 302 g/mol. The lowest BCUT2D eigenvalue weighted by molar-refractivity contribution is 0.715. The number of unbranched alkanes of at least 4 members (excludes halogenated alkanes) is 1. The molecule has 0 saturated heterocycles. The van der Waals surface area contributed by atoms with Crippen molar-refractivity contribution in [2.24, 2.45) is 5.92 Å². The van der Waals surface area contributed by atoms with E-state index in [1.54, 1.807) is 0 Å². The third-order valence-electron chi connectivity index (χ3n) is 4.78. The zero-order valence-corrected chi connectivity index (χ0v) is 17.2. The quantitative estimate of drug-likeness (QED) is 0.472. The van der Waals surface area contributed by atoms with E-state index in [2.05, 4.69) is 70.8 Å². The lowest BCUT2D eigenvalue weighted by Gasteiger charge is -2.21. The number of hydrogen-bond acceptors (Lipinski definition) is 1. The lowest BCUT2D eigenvalue weighted by Crippen LogP contribution is -2.13. The first-order valence-corrected chi connectivity index (χ1v) is 9.76. The minimum atomic E-state index is 0.545. The van der Waals surface area contributed by atoms with Crippen molar-refractivity contribution in [1.82, 2.24) is 5.32 Å². The Kier molecular flexibility index (Phi) is 9.34. The first kappa shape index (κ1) is 21.3. The minimum Gasteiger partial charge on any atom is -0.388 e. The maximum Gasteiger partial charge on any atom is 0.0405 e. The fourth-order valence-corrected chi connectivity index (χ4v) is 3.38. The standard InChI is InChI=1S/C24H37N/c1-8-11-12-14-18(4)15-22-17-21(13-9-2)16-20(6)23(22)24(25-7)19(5)10-3/h9,12,14,16-18,25H,2,8,10-11,13,15H2,1,3-7H3/b14-12-,24-19+. The van der Waals surface area contributed by atoms with Crippen molar-refractivity contribution >= 4 is 5.70 Å². The van der Waals surface area contributed by atoms with Gasteiger partial charge in [0.15, 0.2) is 0 Å². The van der Waals surface area contributed by atoms with Crippen molar-refractivity contribution in [3.63, 3.8) is 0 Å². The summed E-state index contributed by atoms with van der Waals surface area (Å²) in [6.07, 6.45) is 12.1. The molecule has 1 aromatic carbocycles. The van der Waals surface area contributed by atoms with Crippen LogP contribution in [0.1, 0.15) is 69.2 Å². The maximum atomic E-state index is 3.91. The van der Waals surface area contributed by atoms with Gasteiger partial charge in [-0.25, -0.2) is 0 Å². The average molecular weight is 340 g/mol. The Morgan fingerprint density at radius 2 is 2.00 bits per heavy atom. The molecular formula is C24H37N. The van der Waals surface area contributed by atoms with Gasteiger partial charge in [-0.1, -0.05) is 57.6 Å². The van der Waals surface area contributed by atoms with Gasteiger partial charge in [0.25, 0.3) is 0 Å². The molecule has 0 spiro atoms. The van der Waals surface area contributed by atoms with E-state index in [9.17, 15) is 0 Å². The second-order valence-electron chi connectivity index (χ2n) is 7.10. The molecule has 1 N–H and O–H groups in total. The van der Waals surface area contributed by atoms with Crippen molar-refractivity contribution in [2.45, 2.75) is 66.7 Å².